The highest BCUT2D eigenvalue weighted by molar-refractivity contribution is 7.21. The van der Waals surface area contributed by atoms with Crippen LogP contribution in [-0.2, 0) is 16.0 Å². The van der Waals surface area contributed by atoms with Crippen LogP contribution in [0.5, 0.6) is 0 Å². The smallest absolute Gasteiger partial charge is 0.350 e. The van der Waals surface area contributed by atoms with Gasteiger partial charge >= 0.3 is 5.97 Å². The zero-order valence-electron chi connectivity index (χ0n) is 14.3. The van der Waals surface area contributed by atoms with Gasteiger partial charge in [-0.15, -0.1) is 11.3 Å². The van der Waals surface area contributed by atoms with Crippen molar-refractivity contribution >= 4 is 39.1 Å². The predicted molar refractivity (Wildman–Crippen MR) is 99.2 cm³/mol. The lowest BCUT2D eigenvalue weighted by molar-refractivity contribution is -0.115. The summed E-state index contributed by atoms with van der Waals surface area (Å²) in [4.78, 5) is 30.2. The number of pyridine rings is 1. The first-order valence-corrected chi connectivity index (χ1v) is 8.64. The van der Waals surface area contributed by atoms with Gasteiger partial charge in [-0.25, -0.2) is 9.78 Å². The monoisotopic (exact) mass is 354 g/mol. The Kier molecular flexibility index (Phi) is 4.81. The van der Waals surface area contributed by atoms with Crippen LogP contribution in [0.25, 0.3) is 10.2 Å². The van der Waals surface area contributed by atoms with Crippen LogP contribution >= 0.6 is 11.3 Å². The van der Waals surface area contributed by atoms with Crippen LogP contribution in [0.2, 0.25) is 0 Å². The zero-order valence-corrected chi connectivity index (χ0v) is 15.1. The van der Waals surface area contributed by atoms with Gasteiger partial charge in [0, 0.05) is 11.1 Å². The SMILES string of the molecule is COC(=O)c1sc2nc(C)cc(C)c2c1NC(=O)Cc1ccccc1. The van der Waals surface area contributed by atoms with E-state index < -0.39 is 5.97 Å². The van der Waals surface area contributed by atoms with Crippen LogP contribution in [-0.4, -0.2) is 24.0 Å². The Balaban J connectivity index is 2.01. The highest BCUT2D eigenvalue weighted by atomic mass is 32.1. The summed E-state index contributed by atoms with van der Waals surface area (Å²) in [5.74, 6) is -0.661. The second kappa shape index (κ2) is 7.03. The Labute approximate surface area is 149 Å². The maximum absolute atomic E-state index is 12.5. The van der Waals surface area contributed by atoms with Crippen molar-refractivity contribution in [2.24, 2.45) is 0 Å². The molecule has 3 rings (SSSR count). The van der Waals surface area contributed by atoms with Gasteiger partial charge in [0.1, 0.15) is 9.71 Å². The van der Waals surface area contributed by atoms with E-state index in [-0.39, 0.29) is 12.3 Å². The molecule has 25 heavy (non-hydrogen) atoms. The largest absolute Gasteiger partial charge is 0.465 e. The molecule has 0 aliphatic carbocycles. The van der Waals surface area contributed by atoms with Crippen molar-refractivity contribution in [3.63, 3.8) is 0 Å². The number of esters is 1. The lowest BCUT2D eigenvalue weighted by Gasteiger charge is -2.08. The van der Waals surface area contributed by atoms with Crippen LogP contribution in [0.4, 0.5) is 5.69 Å². The third-order valence-corrected chi connectivity index (χ3v) is 4.89. The summed E-state index contributed by atoms with van der Waals surface area (Å²) in [5.41, 5.74) is 3.22. The van der Waals surface area contributed by atoms with Gasteiger partial charge < -0.3 is 10.1 Å². The van der Waals surface area contributed by atoms with Crippen LogP contribution in [0.15, 0.2) is 36.4 Å². The summed E-state index contributed by atoms with van der Waals surface area (Å²) < 4.78 is 4.87. The molecule has 128 valence electrons. The number of methoxy groups -OCH3 is 1. The van der Waals surface area contributed by atoms with E-state index in [1.54, 1.807) is 0 Å². The molecule has 6 heteroatoms. The number of carbonyl (C=O) groups excluding carboxylic acids is 2. The number of thiophene rings is 1. The van der Waals surface area contributed by atoms with Crippen molar-refractivity contribution in [2.45, 2.75) is 20.3 Å². The van der Waals surface area contributed by atoms with Gasteiger partial charge in [0.15, 0.2) is 0 Å². The standard InChI is InChI=1S/C19H18N2O3S/c1-11-9-12(2)20-18-15(11)16(17(25-18)19(23)24-3)21-14(22)10-13-7-5-4-6-8-13/h4-9H,10H2,1-3H3,(H,21,22). The van der Waals surface area contributed by atoms with Crippen LogP contribution in [0.3, 0.4) is 0 Å². The molecule has 3 aromatic rings. The van der Waals surface area contributed by atoms with E-state index in [4.69, 9.17) is 4.74 Å². The minimum atomic E-state index is -0.477. The van der Waals surface area contributed by atoms with Crippen LogP contribution < -0.4 is 5.32 Å². The van der Waals surface area contributed by atoms with Crippen molar-refractivity contribution in [3.05, 3.63) is 58.1 Å². The maximum atomic E-state index is 12.5. The van der Waals surface area contributed by atoms with Gasteiger partial charge in [0.05, 0.1) is 19.2 Å². The quantitative estimate of drug-likeness (QED) is 0.722. The molecule has 2 heterocycles. The molecule has 0 aliphatic rings. The molecule has 0 atom stereocenters. The van der Waals surface area contributed by atoms with E-state index in [0.717, 1.165) is 22.2 Å². The Hall–Kier alpha value is -2.73. The number of hydrogen-bond donors (Lipinski definition) is 1. The summed E-state index contributed by atoms with van der Waals surface area (Å²) in [6, 6.07) is 11.4. The molecule has 1 aromatic carbocycles. The number of rotatable bonds is 4. The fraction of sp³-hybridized carbons (Fsp3) is 0.211. The lowest BCUT2D eigenvalue weighted by Crippen LogP contribution is -2.16. The molecule has 2 aromatic heterocycles. The number of aromatic nitrogens is 1. The predicted octanol–water partition coefficient (Wildman–Crippen LogP) is 3.88. The molecule has 0 bridgehead atoms. The molecule has 0 spiro atoms. The molecule has 0 unspecified atom stereocenters. The van der Waals surface area contributed by atoms with Crippen molar-refractivity contribution in [2.75, 3.05) is 12.4 Å². The minimum Gasteiger partial charge on any atom is -0.465 e. The van der Waals surface area contributed by atoms with E-state index in [2.05, 4.69) is 10.3 Å². The first kappa shape index (κ1) is 17.1. The molecule has 0 aliphatic heterocycles. The first-order chi connectivity index (χ1) is 12.0. The number of fused-ring (bicyclic) bond motifs is 1. The lowest BCUT2D eigenvalue weighted by atomic mass is 10.1. The van der Waals surface area contributed by atoms with Crippen LogP contribution in [0, 0.1) is 13.8 Å². The molecular weight excluding hydrogens is 336 g/mol. The Morgan fingerprint density at radius 2 is 1.92 bits per heavy atom. The molecule has 0 saturated heterocycles. The minimum absolute atomic E-state index is 0.184. The normalized spacial score (nSPS) is 10.7. The third-order valence-electron chi connectivity index (χ3n) is 3.83. The highest BCUT2D eigenvalue weighted by Crippen LogP contribution is 2.37. The summed E-state index contributed by atoms with van der Waals surface area (Å²) >= 11 is 1.23. The zero-order chi connectivity index (χ0) is 18.0. The third kappa shape index (κ3) is 3.53. The molecule has 0 radical (unpaired) electrons. The Bertz CT molecular complexity index is 948. The first-order valence-electron chi connectivity index (χ1n) is 7.82. The van der Waals surface area contributed by atoms with E-state index in [1.807, 2.05) is 50.2 Å². The number of ether oxygens (including phenoxy) is 1. The number of benzene rings is 1. The topological polar surface area (TPSA) is 68.3 Å². The molecular formula is C19H18N2O3S. The maximum Gasteiger partial charge on any atom is 0.350 e. The Morgan fingerprint density at radius 1 is 1.20 bits per heavy atom. The molecule has 0 saturated carbocycles. The fourth-order valence-electron chi connectivity index (χ4n) is 2.76. The highest BCUT2D eigenvalue weighted by Gasteiger charge is 2.23. The van der Waals surface area contributed by atoms with Gasteiger partial charge in [0.2, 0.25) is 5.91 Å². The van der Waals surface area contributed by atoms with E-state index >= 15 is 0 Å². The number of aryl methyl sites for hydroxylation is 2. The molecule has 0 fully saturated rings. The van der Waals surface area contributed by atoms with Crippen molar-refractivity contribution in [3.8, 4) is 0 Å². The number of carbonyl (C=O) groups is 2. The molecule has 1 amide bonds. The summed E-state index contributed by atoms with van der Waals surface area (Å²) in [5, 5.41) is 3.68. The van der Waals surface area contributed by atoms with Gasteiger partial charge in [-0.2, -0.15) is 0 Å². The van der Waals surface area contributed by atoms with Crippen molar-refractivity contribution in [1.82, 2.24) is 4.98 Å². The number of amides is 1. The number of anilines is 1. The van der Waals surface area contributed by atoms with Gasteiger partial charge in [0.25, 0.3) is 0 Å². The Morgan fingerprint density at radius 3 is 2.60 bits per heavy atom. The second-order valence-corrected chi connectivity index (χ2v) is 6.77. The van der Waals surface area contributed by atoms with Crippen molar-refractivity contribution < 1.29 is 14.3 Å². The second-order valence-electron chi connectivity index (χ2n) is 5.77. The summed E-state index contributed by atoms with van der Waals surface area (Å²) in [6.45, 7) is 3.84. The van der Waals surface area contributed by atoms with E-state index in [1.165, 1.54) is 18.4 Å². The summed E-state index contributed by atoms with van der Waals surface area (Å²) in [7, 11) is 1.33. The number of hydrogen-bond acceptors (Lipinski definition) is 5. The molecule has 1 N–H and O–H groups in total. The van der Waals surface area contributed by atoms with E-state index in [9.17, 15) is 9.59 Å². The van der Waals surface area contributed by atoms with Gasteiger partial charge in [-0.05, 0) is 31.0 Å². The average molecular weight is 354 g/mol. The fourth-order valence-corrected chi connectivity index (χ4v) is 3.93. The van der Waals surface area contributed by atoms with Crippen molar-refractivity contribution in [1.29, 1.82) is 0 Å². The van der Waals surface area contributed by atoms with E-state index in [0.29, 0.717) is 15.4 Å². The number of nitrogens with zero attached hydrogens (tertiary/aromatic N) is 1. The van der Waals surface area contributed by atoms with Gasteiger partial charge in [-0.3, -0.25) is 4.79 Å². The summed E-state index contributed by atoms with van der Waals surface area (Å²) in [6.07, 6.45) is 0.233. The average Bonchev–Trinajstić information content (AvgIpc) is 2.93. The molecule has 5 nitrogen and oxygen atoms in total. The van der Waals surface area contributed by atoms with Crippen LogP contribution in [0.1, 0.15) is 26.5 Å². The van der Waals surface area contributed by atoms with Gasteiger partial charge in [-0.1, -0.05) is 30.3 Å². The number of nitrogens with one attached hydrogen (secondary N) is 1.